The highest BCUT2D eigenvalue weighted by atomic mass is 32.2. The van der Waals surface area contributed by atoms with E-state index in [2.05, 4.69) is 18.5 Å². The first-order chi connectivity index (χ1) is 9.63. The lowest BCUT2D eigenvalue weighted by Gasteiger charge is -2.17. The fraction of sp³-hybridized carbons (Fsp3) is 0.312. The van der Waals surface area contributed by atoms with Crippen molar-refractivity contribution in [3.8, 4) is 0 Å². The van der Waals surface area contributed by atoms with Crippen molar-refractivity contribution in [2.24, 2.45) is 0 Å². The summed E-state index contributed by atoms with van der Waals surface area (Å²) in [4.78, 5) is 11.3. The summed E-state index contributed by atoms with van der Waals surface area (Å²) < 4.78 is 0. The highest BCUT2D eigenvalue weighted by Crippen LogP contribution is 2.27. The number of carboxylic acid groups (broad SMARTS) is 1. The topological polar surface area (TPSA) is 49.3 Å². The monoisotopic (exact) mass is 289 g/mol. The molecule has 0 aliphatic carbocycles. The number of anilines is 1. The Morgan fingerprint density at radius 3 is 2.60 bits per heavy atom. The van der Waals surface area contributed by atoms with E-state index in [1.165, 1.54) is 0 Å². The van der Waals surface area contributed by atoms with Crippen LogP contribution < -0.4 is 5.32 Å². The average molecular weight is 289 g/mol. The van der Waals surface area contributed by atoms with Gasteiger partial charge in [0.2, 0.25) is 0 Å². The minimum atomic E-state index is -0.886. The van der Waals surface area contributed by atoms with Crippen molar-refractivity contribution in [1.29, 1.82) is 0 Å². The number of benzene rings is 2. The first-order valence-corrected chi connectivity index (χ1v) is 8.03. The Kier molecular flexibility index (Phi) is 4.90. The molecule has 1 unspecified atom stereocenters. The molecule has 0 amide bonds. The molecule has 2 rings (SSSR count). The number of carbonyl (C=O) groups is 1. The molecular weight excluding hydrogens is 270 g/mol. The molecule has 3 nitrogen and oxygen atoms in total. The quantitative estimate of drug-likeness (QED) is 0.841. The molecule has 0 spiro atoms. The van der Waals surface area contributed by atoms with Crippen LogP contribution in [0.3, 0.4) is 0 Å². The molecule has 106 valence electrons. The molecular formula is C16H19NO2S. The van der Waals surface area contributed by atoms with E-state index in [9.17, 15) is 9.90 Å². The molecule has 20 heavy (non-hydrogen) atoms. The molecule has 2 N–H and O–H groups in total. The van der Waals surface area contributed by atoms with E-state index in [-0.39, 0.29) is 0 Å². The number of nitrogens with one attached hydrogen (secondary N) is 1. The number of fused-ring (bicyclic) bond motifs is 1. The Labute approximate surface area is 123 Å². The predicted octanol–water partition coefficient (Wildman–Crippen LogP) is 4.09. The SMILES string of the molecule is CSCCC(C)Nc1ccc(C(=O)O)c2ccccc12. The Hall–Kier alpha value is -1.68. The second-order valence-corrected chi connectivity index (χ2v) is 5.82. The van der Waals surface area contributed by atoms with Crippen LogP contribution in [0.25, 0.3) is 10.8 Å². The molecule has 0 fully saturated rings. The Balaban J connectivity index is 2.35. The van der Waals surface area contributed by atoms with Gasteiger partial charge in [-0.05, 0) is 42.9 Å². The maximum Gasteiger partial charge on any atom is 0.336 e. The van der Waals surface area contributed by atoms with Crippen molar-refractivity contribution in [3.05, 3.63) is 42.0 Å². The smallest absolute Gasteiger partial charge is 0.336 e. The van der Waals surface area contributed by atoms with E-state index < -0.39 is 5.97 Å². The van der Waals surface area contributed by atoms with Crippen LogP contribution in [0.2, 0.25) is 0 Å². The zero-order valence-corrected chi connectivity index (χ0v) is 12.5. The molecule has 0 bridgehead atoms. The van der Waals surface area contributed by atoms with Crippen molar-refractivity contribution < 1.29 is 9.90 Å². The maximum absolute atomic E-state index is 11.3. The van der Waals surface area contributed by atoms with Gasteiger partial charge in [0.05, 0.1) is 5.56 Å². The molecule has 0 radical (unpaired) electrons. The van der Waals surface area contributed by atoms with E-state index >= 15 is 0 Å². The summed E-state index contributed by atoms with van der Waals surface area (Å²) in [7, 11) is 0. The zero-order valence-electron chi connectivity index (χ0n) is 11.7. The van der Waals surface area contributed by atoms with Crippen molar-refractivity contribution in [2.45, 2.75) is 19.4 Å². The van der Waals surface area contributed by atoms with Crippen LogP contribution in [-0.4, -0.2) is 29.1 Å². The van der Waals surface area contributed by atoms with Gasteiger partial charge < -0.3 is 10.4 Å². The van der Waals surface area contributed by atoms with Gasteiger partial charge in [0, 0.05) is 17.1 Å². The largest absolute Gasteiger partial charge is 0.478 e. The molecule has 0 aliphatic heterocycles. The summed E-state index contributed by atoms with van der Waals surface area (Å²) >= 11 is 1.83. The third-order valence-corrected chi connectivity index (χ3v) is 3.96. The molecule has 0 aromatic heterocycles. The third kappa shape index (κ3) is 3.25. The fourth-order valence-electron chi connectivity index (χ4n) is 2.24. The first kappa shape index (κ1) is 14.7. The predicted molar refractivity (Wildman–Crippen MR) is 87.0 cm³/mol. The van der Waals surface area contributed by atoms with Gasteiger partial charge in [-0.1, -0.05) is 24.3 Å². The van der Waals surface area contributed by atoms with E-state index in [4.69, 9.17) is 0 Å². The summed E-state index contributed by atoms with van der Waals surface area (Å²) in [5.41, 5.74) is 1.35. The molecule has 0 aliphatic rings. The number of thioether (sulfide) groups is 1. The highest BCUT2D eigenvalue weighted by Gasteiger charge is 2.11. The van der Waals surface area contributed by atoms with Crippen molar-refractivity contribution >= 4 is 34.2 Å². The van der Waals surface area contributed by atoms with Crippen LogP contribution >= 0.6 is 11.8 Å². The van der Waals surface area contributed by atoms with E-state index in [0.717, 1.165) is 28.6 Å². The standard InChI is InChI=1S/C16H19NO2S/c1-11(9-10-20-2)17-15-8-7-14(16(18)19)12-5-3-4-6-13(12)15/h3-8,11,17H,9-10H2,1-2H3,(H,18,19). The van der Waals surface area contributed by atoms with Gasteiger partial charge >= 0.3 is 5.97 Å². The zero-order chi connectivity index (χ0) is 14.5. The lowest BCUT2D eigenvalue weighted by atomic mass is 10.0. The van der Waals surface area contributed by atoms with E-state index in [0.29, 0.717) is 11.6 Å². The van der Waals surface area contributed by atoms with Gasteiger partial charge in [-0.25, -0.2) is 4.79 Å². The van der Waals surface area contributed by atoms with Crippen LogP contribution in [0.4, 0.5) is 5.69 Å². The molecule has 2 aromatic rings. The average Bonchev–Trinajstić information content (AvgIpc) is 2.45. The molecule has 0 saturated heterocycles. The third-order valence-electron chi connectivity index (χ3n) is 3.31. The second kappa shape index (κ2) is 6.66. The summed E-state index contributed by atoms with van der Waals surface area (Å²) in [5, 5.41) is 14.5. The summed E-state index contributed by atoms with van der Waals surface area (Å²) in [6, 6.07) is 11.5. The molecule has 2 aromatic carbocycles. The number of carboxylic acids is 1. The number of aromatic carboxylic acids is 1. The van der Waals surface area contributed by atoms with Gasteiger partial charge in [0.1, 0.15) is 0 Å². The lowest BCUT2D eigenvalue weighted by Crippen LogP contribution is -2.16. The summed E-state index contributed by atoms with van der Waals surface area (Å²) in [5.74, 6) is 0.224. The Bertz CT molecular complexity index is 612. The fourth-order valence-corrected chi connectivity index (χ4v) is 2.83. The maximum atomic E-state index is 11.3. The minimum Gasteiger partial charge on any atom is -0.478 e. The van der Waals surface area contributed by atoms with Crippen molar-refractivity contribution in [2.75, 3.05) is 17.3 Å². The number of hydrogen-bond acceptors (Lipinski definition) is 3. The van der Waals surface area contributed by atoms with Crippen LogP contribution in [-0.2, 0) is 0 Å². The molecule has 1 atom stereocenters. The van der Waals surface area contributed by atoms with E-state index in [1.54, 1.807) is 6.07 Å². The molecule has 0 heterocycles. The van der Waals surface area contributed by atoms with Crippen LogP contribution in [0, 0.1) is 0 Å². The van der Waals surface area contributed by atoms with Gasteiger partial charge in [-0.15, -0.1) is 0 Å². The summed E-state index contributed by atoms with van der Waals surface area (Å²) in [6.45, 7) is 2.15. The minimum absolute atomic E-state index is 0.350. The van der Waals surface area contributed by atoms with Crippen molar-refractivity contribution in [3.63, 3.8) is 0 Å². The number of rotatable bonds is 6. The number of hydrogen-bond donors (Lipinski definition) is 2. The van der Waals surface area contributed by atoms with Gasteiger partial charge in [-0.2, -0.15) is 11.8 Å². The molecule has 0 saturated carbocycles. The van der Waals surface area contributed by atoms with Crippen LogP contribution in [0.5, 0.6) is 0 Å². The molecule has 4 heteroatoms. The van der Waals surface area contributed by atoms with E-state index in [1.807, 2.05) is 42.1 Å². The van der Waals surface area contributed by atoms with Crippen LogP contribution in [0.1, 0.15) is 23.7 Å². The first-order valence-electron chi connectivity index (χ1n) is 6.64. The normalized spacial score (nSPS) is 12.3. The second-order valence-electron chi connectivity index (χ2n) is 4.84. The lowest BCUT2D eigenvalue weighted by molar-refractivity contribution is 0.0699. The highest BCUT2D eigenvalue weighted by molar-refractivity contribution is 7.98. The van der Waals surface area contributed by atoms with Gasteiger partial charge in [0.25, 0.3) is 0 Å². The van der Waals surface area contributed by atoms with Gasteiger partial charge in [-0.3, -0.25) is 0 Å². The Morgan fingerprint density at radius 2 is 1.95 bits per heavy atom. The van der Waals surface area contributed by atoms with Crippen LogP contribution in [0.15, 0.2) is 36.4 Å². The summed E-state index contributed by atoms with van der Waals surface area (Å²) in [6.07, 6.45) is 3.18. The van der Waals surface area contributed by atoms with Crippen molar-refractivity contribution in [1.82, 2.24) is 0 Å². The Morgan fingerprint density at radius 1 is 1.25 bits per heavy atom. The van der Waals surface area contributed by atoms with Gasteiger partial charge in [0.15, 0.2) is 0 Å².